The van der Waals surface area contributed by atoms with Crippen molar-refractivity contribution in [3.63, 3.8) is 0 Å². The number of hydrogen-bond donors (Lipinski definition) is 2. The Bertz CT molecular complexity index is 1450. The molecule has 1 aliphatic heterocycles. The Morgan fingerprint density at radius 1 is 0.973 bits per heavy atom. The van der Waals surface area contributed by atoms with Crippen LogP contribution in [0.2, 0.25) is 10.0 Å². The summed E-state index contributed by atoms with van der Waals surface area (Å²) < 4.78 is 1.95. The third kappa shape index (κ3) is 5.36. The zero-order valence-corrected chi connectivity index (χ0v) is 21.2. The fraction of sp³-hybridized carbons (Fsp3) is 0.240. The molecule has 0 unspecified atom stereocenters. The van der Waals surface area contributed by atoms with E-state index in [0.717, 1.165) is 11.3 Å². The van der Waals surface area contributed by atoms with Gasteiger partial charge in [0.1, 0.15) is 18.7 Å². The van der Waals surface area contributed by atoms with E-state index in [0.29, 0.717) is 59.0 Å². The van der Waals surface area contributed by atoms with Gasteiger partial charge in [-0.2, -0.15) is 0 Å². The summed E-state index contributed by atoms with van der Waals surface area (Å²) in [6, 6.07) is 14.9. The maximum absolute atomic E-state index is 12.0. The van der Waals surface area contributed by atoms with Crippen LogP contribution in [0.25, 0.3) is 28.2 Å². The summed E-state index contributed by atoms with van der Waals surface area (Å²) in [5, 5.41) is 12.3. The van der Waals surface area contributed by atoms with Gasteiger partial charge in [0.05, 0.1) is 11.6 Å². The van der Waals surface area contributed by atoms with Crippen molar-refractivity contribution in [1.29, 1.82) is 0 Å². The van der Waals surface area contributed by atoms with Crippen LogP contribution < -0.4 is 10.2 Å². The number of piperazine rings is 1. The van der Waals surface area contributed by atoms with E-state index in [1.54, 1.807) is 0 Å². The summed E-state index contributed by atoms with van der Waals surface area (Å²) in [6.45, 7) is 2.22. The molecule has 190 valence electrons. The molecule has 2 aromatic carbocycles. The number of halogens is 2. The minimum absolute atomic E-state index is 0.141. The fourth-order valence-electron chi connectivity index (χ4n) is 4.32. The lowest BCUT2D eigenvalue weighted by molar-refractivity contribution is -0.138. The van der Waals surface area contributed by atoms with E-state index >= 15 is 0 Å². The van der Waals surface area contributed by atoms with Crippen LogP contribution in [0, 0.1) is 0 Å². The first-order valence-electron chi connectivity index (χ1n) is 11.6. The zero-order valence-electron chi connectivity index (χ0n) is 19.6. The lowest BCUT2D eigenvalue weighted by Crippen LogP contribution is -2.50. The molecule has 37 heavy (non-hydrogen) atoms. The van der Waals surface area contributed by atoms with E-state index in [1.165, 1.54) is 6.33 Å². The fourth-order valence-corrected chi connectivity index (χ4v) is 4.67. The van der Waals surface area contributed by atoms with Crippen molar-refractivity contribution in [3.05, 3.63) is 64.9 Å². The smallest absolute Gasteiger partial charge is 0.322 e. The van der Waals surface area contributed by atoms with E-state index in [9.17, 15) is 9.59 Å². The highest BCUT2D eigenvalue weighted by atomic mass is 35.5. The molecule has 1 fully saturated rings. The van der Waals surface area contributed by atoms with Crippen LogP contribution in [0.15, 0.2) is 54.9 Å². The second kappa shape index (κ2) is 10.7. The SMILES string of the molecule is O=C(O)CNC(=O)CN1CCN(c2ncnc3c2nc(-c2ccccc2Cl)n3-c2ccc(Cl)cc2)CC1. The van der Waals surface area contributed by atoms with Crippen molar-refractivity contribution < 1.29 is 14.7 Å². The first-order valence-corrected chi connectivity index (χ1v) is 12.4. The highest BCUT2D eigenvalue weighted by molar-refractivity contribution is 6.33. The zero-order chi connectivity index (χ0) is 25.9. The Hall–Kier alpha value is -3.73. The number of amides is 1. The van der Waals surface area contributed by atoms with Crippen molar-refractivity contribution in [2.75, 3.05) is 44.2 Å². The molecule has 10 nitrogen and oxygen atoms in total. The molecule has 1 aliphatic rings. The number of nitrogens with one attached hydrogen (secondary N) is 1. The molecule has 0 aliphatic carbocycles. The van der Waals surface area contributed by atoms with Gasteiger partial charge >= 0.3 is 5.97 Å². The topological polar surface area (TPSA) is 116 Å². The van der Waals surface area contributed by atoms with Crippen LogP contribution in [-0.4, -0.2) is 80.7 Å². The highest BCUT2D eigenvalue weighted by Crippen LogP contribution is 2.34. The molecule has 1 saturated heterocycles. The summed E-state index contributed by atoms with van der Waals surface area (Å²) >= 11 is 12.7. The average Bonchev–Trinajstić information content (AvgIpc) is 3.28. The summed E-state index contributed by atoms with van der Waals surface area (Å²) in [6.07, 6.45) is 1.52. The predicted octanol–water partition coefficient (Wildman–Crippen LogP) is 3.11. The lowest BCUT2D eigenvalue weighted by atomic mass is 10.2. The number of anilines is 1. The molecule has 0 atom stereocenters. The molecular formula is C25H23Cl2N7O3. The lowest BCUT2D eigenvalue weighted by Gasteiger charge is -2.34. The van der Waals surface area contributed by atoms with E-state index < -0.39 is 5.97 Å². The van der Waals surface area contributed by atoms with Crippen molar-refractivity contribution in [1.82, 2.24) is 29.7 Å². The molecule has 0 saturated carbocycles. The quantitative estimate of drug-likeness (QED) is 0.368. The number of benzene rings is 2. The number of aromatic nitrogens is 4. The summed E-state index contributed by atoms with van der Waals surface area (Å²) in [4.78, 5) is 40.9. The third-order valence-electron chi connectivity index (χ3n) is 6.10. The van der Waals surface area contributed by atoms with Crippen LogP contribution in [0.4, 0.5) is 5.82 Å². The molecule has 0 bridgehead atoms. The van der Waals surface area contributed by atoms with Gasteiger partial charge in [-0.25, -0.2) is 15.0 Å². The van der Waals surface area contributed by atoms with Crippen LogP contribution >= 0.6 is 23.2 Å². The molecule has 0 spiro atoms. The van der Waals surface area contributed by atoms with Crippen LogP contribution in [0.3, 0.4) is 0 Å². The van der Waals surface area contributed by atoms with Gasteiger partial charge in [-0.15, -0.1) is 0 Å². The van der Waals surface area contributed by atoms with Gasteiger partial charge in [0.25, 0.3) is 0 Å². The largest absolute Gasteiger partial charge is 0.480 e. The monoisotopic (exact) mass is 539 g/mol. The molecule has 5 rings (SSSR count). The van der Waals surface area contributed by atoms with Gasteiger partial charge in [0, 0.05) is 42.5 Å². The summed E-state index contributed by atoms with van der Waals surface area (Å²) in [5.41, 5.74) is 2.88. The van der Waals surface area contributed by atoms with Gasteiger partial charge < -0.3 is 15.3 Å². The minimum atomic E-state index is -1.07. The van der Waals surface area contributed by atoms with Gasteiger partial charge in [0.2, 0.25) is 5.91 Å². The Balaban J connectivity index is 1.47. The molecule has 3 heterocycles. The molecule has 2 N–H and O–H groups in total. The second-order valence-electron chi connectivity index (χ2n) is 8.53. The minimum Gasteiger partial charge on any atom is -0.480 e. The Morgan fingerprint density at radius 3 is 2.41 bits per heavy atom. The molecule has 1 amide bonds. The number of imidazole rings is 1. The molecule has 4 aromatic rings. The number of fused-ring (bicyclic) bond motifs is 1. The molecular weight excluding hydrogens is 517 g/mol. The average molecular weight is 540 g/mol. The maximum Gasteiger partial charge on any atom is 0.322 e. The van der Waals surface area contributed by atoms with E-state index in [4.69, 9.17) is 33.3 Å². The predicted molar refractivity (Wildman–Crippen MR) is 141 cm³/mol. The van der Waals surface area contributed by atoms with Gasteiger partial charge in [0.15, 0.2) is 17.0 Å². The van der Waals surface area contributed by atoms with Crippen LogP contribution in [-0.2, 0) is 9.59 Å². The van der Waals surface area contributed by atoms with Crippen LogP contribution in [0.5, 0.6) is 0 Å². The number of nitrogens with zero attached hydrogens (tertiary/aromatic N) is 6. The normalized spacial score (nSPS) is 14.2. The van der Waals surface area contributed by atoms with Crippen molar-refractivity contribution >= 4 is 52.1 Å². The number of hydrogen-bond acceptors (Lipinski definition) is 7. The second-order valence-corrected chi connectivity index (χ2v) is 9.37. The highest BCUT2D eigenvalue weighted by Gasteiger charge is 2.25. The van der Waals surface area contributed by atoms with Crippen LogP contribution in [0.1, 0.15) is 0 Å². The Labute approximate surface area is 222 Å². The number of carboxylic acid groups (broad SMARTS) is 1. The summed E-state index contributed by atoms with van der Waals surface area (Å²) in [7, 11) is 0. The first kappa shape index (κ1) is 24.9. The number of carbonyl (C=O) groups excluding carboxylic acids is 1. The Kier molecular flexibility index (Phi) is 7.22. The summed E-state index contributed by atoms with van der Waals surface area (Å²) in [5.74, 6) is -0.0501. The molecule has 2 aromatic heterocycles. The van der Waals surface area contributed by atoms with Gasteiger partial charge in [-0.05, 0) is 36.4 Å². The molecule has 12 heteroatoms. The van der Waals surface area contributed by atoms with E-state index in [1.807, 2.05) is 58.0 Å². The number of carbonyl (C=O) groups is 2. The van der Waals surface area contributed by atoms with E-state index in [-0.39, 0.29) is 19.0 Å². The number of aliphatic carboxylic acids is 1. The van der Waals surface area contributed by atoms with Crippen molar-refractivity contribution in [3.8, 4) is 17.1 Å². The van der Waals surface area contributed by atoms with E-state index in [2.05, 4.69) is 20.2 Å². The number of carboxylic acids is 1. The van der Waals surface area contributed by atoms with Crippen molar-refractivity contribution in [2.24, 2.45) is 0 Å². The van der Waals surface area contributed by atoms with Crippen molar-refractivity contribution in [2.45, 2.75) is 0 Å². The standard InChI is InChI=1S/C25H23Cl2N7O3/c26-16-5-7-17(8-6-16)34-23(18-3-1-2-4-19(18)27)31-22-24(29-15-30-25(22)34)33-11-9-32(10-12-33)14-20(35)28-13-21(36)37/h1-8,15H,9-14H2,(H,28,35)(H,36,37). The third-order valence-corrected chi connectivity index (χ3v) is 6.68. The Morgan fingerprint density at radius 2 is 1.70 bits per heavy atom. The van der Waals surface area contributed by atoms with Gasteiger partial charge in [-0.1, -0.05) is 35.3 Å². The molecule has 0 radical (unpaired) electrons. The first-order chi connectivity index (χ1) is 17.9. The number of rotatable bonds is 7. The maximum atomic E-state index is 12.0. The van der Waals surface area contributed by atoms with Gasteiger partial charge in [-0.3, -0.25) is 19.1 Å².